The first kappa shape index (κ1) is 29.6. The summed E-state index contributed by atoms with van der Waals surface area (Å²) >= 11 is 4.36. The summed E-state index contributed by atoms with van der Waals surface area (Å²) in [5, 5.41) is 0. The fraction of sp³-hybridized carbons (Fsp3) is 0. The van der Waals surface area contributed by atoms with Gasteiger partial charge in [-0.25, -0.2) is 0 Å². The van der Waals surface area contributed by atoms with Gasteiger partial charge in [0.1, 0.15) is 0 Å². The van der Waals surface area contributed by atoms with E-state index in [-0.39, 0.29) is 105 Å². The molecule has 0 spiro atoms. The van der Waals surface area contributed by atoms with Gasteiger partial charge in [-0.15, -0.1) is 0 Å². The zero-order valence-corrected chi connectivity index (χ0v) is 16.5. The summed E-state index contributed by atoms with van der Waals surface area (Å²) in [5.41, 5.74) is 0. The van der Waals surface area contributed by atoms with Crippen LogP contribution in [0.2, 0.25) is 0 Å². The summed E-state index contributed by atoms with van der Waals surface area (Å²) < 4.78 is 0. The quantitative estimate of drug-likeness (QED) is 0.205. The van der Waals surface area contributed by atoms with E-state index < -0.39 is 0 Å². The van der Waals surface area contributed by atoms with Crippen molar-refractivity contribution in [3.8, 4) is 0 Å². The van der Waals surface area contributed by atoms with Gasteiger partial charge >= 0.3 is 101 Å². The molecule has 0 aliphatic rings. The van der Waals surface area contributed by atoms with Gasteiger partial charge in [0.2, 0.25) is 0 Å². The van der Waals surface area contributed by atoms with Gasteiger partial charge in [0.05, 0.1) is 0 Å². The van der Waals surface area contributed by atoms with Gasteiger partial charge in [0, 0.05) is 0 Å². The van der Waals surface area contributed by atoms with Crippen LogP contribution in [-0.4, -0.2) is 0 Å². The Balaban J connectivity index is -0.00000000333. The van der Waals surface area contributed by atoms with E-state index in [1.165, 1.54) is 0 Å². The fourth-order valence-corrected chi connectivity index (χ4v) is 0. The third-order valence-electron chi connectivity index (χ3n) is 0. The van der Waals surface area contributed by atoms with Crippen LogP contribution in [0.25, 0.3) is 0 Å². The van der Waals surface area contributed by atoms with Crippen LogP contribution < -0.4 is 105 Å². The molecule has 7 heavy (non-hydrogen) atoms. The first-order valence-corrected chi connectivity index (χ1v) is 6.30. The Morgan fingerprint density at radius 3 is 1.00 bits per heavy atom. The summed E-state index contributed by atoms with van der Waals surface area (Å²) in [6, 6.07) is 0. The van der Waals surface area contributed by atoms with Crippen LogP contribution in [0.5, 0.6) is 0 Å². The van der Waals surface area contributed by atoms with Gasteiger partial charge in [-0.1, -0.05) is 0 Å². The van der Waals surface area contributed by atoms with Crippen LogP contribution in [-0.2, 0) is 8.46 Å². The standard InChI is InChI=1S/Cu.4HI.K.H3N/h;4*1H;;1H3/q+2;;;;;+1;/p-3. The van der Waals surface area contributed by atoms with E-state index in [2.05, 4.69) is 40.7 Å². The van der Waals surface area contributed by atoms with E-state index in [0.29, 0.717) is 0 Å². The molecule has 0 saturated carbocycles. The molecule has 0 unspecified atom stereocenters. The van der Waals surface area contributed by atoms with Crippen molar-refractivity contribution in [3.63, 3.8) is 0 Å². The third-order valence-corrected chi connectivity index (χ3v) is 0. The number of halogens is 4. The molecular formula is H4CuI4KN. The van der Waals surface area contributed by atoms with Crippen LogP contribution in [0.15, 0.2) is 0 Å². The molecule has 1 nitrogen and oxygen atoms in total. The second kappa shape index (κ2) is 30.5. The molecule has 0 aliphatic heterocycles. The summed E-state index contributed by atoms with van der Waals surface area (Å²) in [7, 11) is 1.75. The molecule has 0 aromatic heterocycles. The largest absolute Gasteiger partial charge is 1.00 e. The van der Waals surface area contributed by atoms with Crippen molar-refractivity contribution in [2.45, 2.75) is 0 Å². The molecule has 7 heteroatoms. The molecule has 0 saturated heterocycles. The van der Waals surface area contributed by atoms with E-state index >= 15 is 0 Å². The molecule has 0 fully saturated rings. The normalized spacial score (nSPS) is 3.14. The topological polar surface area (TPSA) is 36.5 Å². The second-order valence-corrected chi connectivity index (χ2v) is 7.99. The summed E-state index contributed by atoms with van der Waals surface area (Å²) in [6.45, 7) is 0. The van der Waals surface area contributed by atoms with Crippen LogP contribution in [0.4, 0.5) is 0 Å². The summed E-state index contributed by atoms with van der Waals surface area (Å²) in [5.74, 6) is 0. The van der Waals surface area contributed by atoms with Crippen LogP contribution in [0.1, 0.15) is 0 Å². The van der Waals surface area contributed by atoms with E-state index in [0.717, 1.165) is 0 Å². The van der Waals surface area contributed by atoms with Gasteiger partial charge < -0.3 is 54.1 Å². The monoisotopic (exact) mass is 628 g/mol. The number of hydrogen-bond donors (Lipinski definition) is 1. The Kier molecular flexibility index (Phi) is 129. The third kappa shape index (κ3) is 35.5. The average molecular weight is 628 g/mol. The molecule has 0 bridgehead atoms. The van der Waals surface area contributed by atoms with Crippen molar-refractivity contribution in [1.29, 1.82) is 0 Å². The second-order valence-electron chi connectivity index (χ2n) is 0.0431. The maximum atomic E-state index is 2.18. The molecule has 0 heterocycles. The molecule has 0 aliphatic carbocycles. The van der Waals surface area contributed by atoms with Crippen LogP contribution in [0, 0.1) is 0 Å². The molecule has 0 amide bonds. The SMILES string of the molecule is [I-].[I-].[I][Cu][I].[K+].[NH4+]. The predicted octanol–water partition coefficient (Wildman–Crippen LogP) is -6.84. The van der Waals surface area contributed by atoms with Crippen molar-refractivity contribution in [2.24, 2.45) is 0 Å². The Hall–Kier alpha value is 5.04. The van der Waals surface area contributed by atoms with Crippen molar-refractivity contribution in [2.75, 3.05) is 0 Å². The van der Waals surface area contributed by atoms with Crippen LogP contribution in [0.3, 0.4) is 0 Å². The molecule has 4 N–H and O–H groups in total. The van der Waals surface area contributed by atoms with Crippen LogP contribution >= 0.6 is 40.7 Å². The van der Waals surface area contributed by atoms with E-state index in [4.69, 9.17) is 0 Å². The fourth-order valence-electron chi connectivity index (χ4n) is 0. The average Bonchev–Trinajstić information content (AvgIpc) is 0.918. The zero-order chi connectivity index (χ0) is 2.71. The number of quaternary nitrogens is 1. The molecule has 0 atom stereocenters. The Morgan fingerprint density at radius 2 is 1.00 bits per heavy atom. The molecule has 49 valence electrons. The van der Waals surface area contributed by atoms with Crippen molar-refractivity contribution in [1.82, 2.24) is 6.15 Å². The Labute approximate surface area is 150 Å². The Bertz CT molecular complexity index is 11.7. The maximum absolute atomic E-state index is 2.18. The first-order chi connectivity index (χ1) is 1.41. The van der Waals surface area contributed by atoms with E-state index in [1.807, 2.05) is 0 Å². The van der Waals surface area contributed by atoms with Gasteiger partial charge in [-0.2, -0.15) is 0 Å². The minimum Gasteiger partial charge on any atom is -0.369 e. The number of hydrogen-bond acceptors (Lipinski definition) is 0. The predicted molar refractivity (Wildman–Crippen MR) is 34.0 cm³/mol. The molecular weight excluding hydrogens is 624 g/mol. The minimum absolute atomic E-state index is 0. The molecule has 0 radical (unpaired) electrons. The van der Waals surface area contributed by atoms with Gasteiger partial charge in [0.25, 0.3) is 0 Å². The molecule has 0 aromatic rings. The smallest absolute Gasteiger partial charge is 0.369 e. The maximum Gasteiger partial charge on any atom is 1.00 e. The first-order valence-electron chi connectivity index (χ1n) is 0.228. The van der Waals surface area contributed by atoms with E-state index in [9.17, 15) is 0 Å². The van der Waals surface area contributed by atoms with E-state index in [1.54, 1.807) is 8.46 Å². The number of rotatable bonds is 0. The van der Waals surface area contributed by atoms with Crippen molar-refractivity contribution >= 4 is 40.7 Å². The summed E-state index contributed by atoms with van der Waals surface area (Å²) in [4.78, 5) is 0. The van der Waals surface area contributed by atoms with Gasteiger partial charge in [-0.3, -0.25) is 0 Å². The van der Waals surface area contributed by atoms with Gasteiger partial charge in [-0.05, 0) is 0 Å². The van der Waals surface area contributed by atoms with Crippen molar-refractivity contribution < 1.29 is 108 Å². The van der Waals surface area contributed by atoms with Crippen molar-refractivity contribution in [3.05, 3.63) is 0 Å². The zero-order valence-electron chi connectivity index (χ0n) is 3.81. The van der Waals surface area contributed by atoms with Gasteiger partial charge in [0.15, 0.2) is 0 Å². The molecule has 0 rings (SSSR count). The summed E-state index contributed by atoms with van der Waals surface area (Å²) in [6.07, 6.45) is 0. The minimum atomic E-state index is 0. The molecule has 0 aromatic carbocycles. The Morgan fingerprint density at radius 1 is 1.00 bits per heavy atom.